The third-order valence-corrected chi connectivity index (χ3v) is 1.44. The Hall–Kier alpha value is -0.240. The fourth-order valence-corrected chi connectivity index (χ4v) is 0.809. The fourth-order valence-electron chi connectivity index (χ4n) is 0.662. The van der Waals surface area contributed by atoms with E-state index in [0.717, 1.165) is 11.9 Å². The quantitative estimate of drug-likeness (QED) is 0.378. The van der Waals surface area contributed by atoms with Crippen LogP contribution in [0.5, 0.6) is 0 Å². The molecule has 0 heterocycles. The van der Waals surface area contributed by atoms with Crippen LogP contribution in [0.3, 0.4) is 0 Å². The molecule has 0 saturated heterocycles. The lowest BCUT2D eigenvalue weighted by molar-refractivity contribution is -0.105. The number of carbonyl (C=O) groups is 1. The van der Waals surface area contributed by atoms with Gasteiger partial charge in [-0.15, -0.1) is 0 Å². The minimum absolute atomic E-state index is 0.0555. The first-order valence-corrected chi connectivity index (χ1v) is 3.94. The Kier molecular flexibility index (Phi) is 4.45. The van der Waals surface area contributed by atoms with Crippen LogP contribution in [-0.2, 0) is 4.79 Å². The zero-order valence-electron chi connectivity index (χ0n) is 6.66. The van der Waals surface area contributed by atoms with Crippen LogP contribution in [0.15, 0.2) is 11.6 Å². The Labute approximate surface area is 67.9 Å². The molecule has 0 aromatic carbocycles. The molecule has 0 N–H and O–H groups in total. The smallest absolute Gasteiger partial charge is 0.146 e. The van der Waals surface area contributed by atoms with Crippen LogP contribution >= 0.6 is 12.6 Å². The number of thiol groups is 1. The maximum atomic E-state index is 10.4. The first-order valence-electron chi connectivity index (χ1n) is 3.43. The van der Waals surface area contributed by atoms with Gasteiger partial charge in [-0.1, -0.05) is 19.9 Å². The normalized spacial score (nSPS) is 15.5. The first-order chi connectivity index (χ1) is 4.57. The summed E-state index contributed by atoms with van der Waals surface area (Å²) in [6.07, 6.45) is 2.81. The molecule has 0 amide bonds. The van der Waals surface area contributed by atoms with Crippen LogP contribution in [0.2, 0.25) is 0 Å². The average molecular weight is 158 g/mol. The van der Waals surface area contributed by atoms with Gasteiger partial charge in [0.2, 0.25) is 0 Å². The van der Waals surface area contributed by atoms with Crippen molar-refractivity contribution in [2.75, 3.05) is 0 Å². The molecule has 0 aromatic rings. The fraction of sp³-hybridized carbons (Fsp3) is 0.625. The number of allylic oxidation sites excluding steroid dienone is 1. The number of carbonyl (C=O) groups excluding carboxylic acids is 1. The van der Waals surface area contributed by atoms with Gasteiger partial charge in [0.15, 0.2) is 0 Å². The van der Waals surface area contributed by atoms with E-state index in [1.54, 1.807) is 0 Å². The highest BCUT2D eigenvalue weighted by atomic mass is 32.1. The lowest BCUT2D eigenvalue weighted by Gasteiger charge is -2.03. The summed E-state index contributed by atoms with van der Waals surface area (Å²) in [5.41, 5.74) is 0.776. The van der Waals surface area contributed by atoms with Crippen molar-refractivity contribution in [3.8, 4) is 0 Å². The van der Waals surface area contributed by atoms with Gasteiger partial charge in [0, 0.05) is 10.8 Å². The minimum atomic E-state index is 0.0555. The van der Waals surface area contributed by atoms with E-state index in [4.69, 9.17) is 0 Å². The average Bonchev–Trinajstić information content (AvgIpc) is 1.81. The molecule has 0 fully saturated rings. The van der Waals surface area contributed by atoms with Crippen molar-refractivity contribution in [1.29, 1.82) is 0 Å². The van der Waals surface area contributed by atoms with Crippen LogP contribution in [0, 0.1) is 5.92 Å². The summed E-state index contributed by atoms with van der Waals surface area (Å²) in [4.78, 5) is 10.4. The maximum absolute atomic E-state index is 10.4. The lowest BCUT2D eigenvalue weighted by Crippen LogP contribution is -2.00. The highest BCUT2D eigenvalue weighted by Gasteiger charge is 2.01. The molecular weight excluding hydrogens is 144 g/mol. The summed E-state index contributed by atoms with van der Waals surface area (Å²) in [6.45, 7) is 5.98. The van der Waals surface area contributed by atoms with E-state index >= 15 is 0 Å². The van der Waals surface area contributed by atoms with Crippen molar-refractivity contribution in [3.05, 3.63) is 11.6 Å². The number of aldehydes is 1. The van der Waals surface area contributed by atoms with Gasteiger partial charge < -0.3 is 0 Å². The van der Waals surface area contributed by atoms with E-state index in [0.29, 0.717) is 5.92 Å². The summed E-state index contributed by atoms with van der Waals surface area (Å²) in [5.74, 6) is 0.426. The molecule has 0 rings (SSSR count). The molecule has 0 spiro atoms. The predicted octanol–water partition coefficient (Wildman–Crippen LogP) is 2.09. The van der Waals surface area contributed by atoms with E-state index in [2.05, 4.69) is 12.6 Å². The highest BCUT2D eigenvalue weighted by molar-refractivity contribution is 7.81. The summed E-state index contributed by atoms with van der Waals surface area (Å²) >= 11 is 4.15. The van der Waals surface area contributed by atoms with Crippen LogP contribution < -0.4 is 0 Å². The summed E-state index contributed by atoms with van der Waals surface area (Å²) in [7, 11) is 0. The predicted molar refractivity (Wildman–Crippen MR) is 47.4 cm³/mol. The van der Waals surface area contributed by atoms with Gasteiger partial charge in [0.25, 0.3) is 0 Å². The molecule has 58 valence electrons. The molecule has 0 aliphatic carbocycles. The number of hydrogen-bond acceptors (Lipinski definition) is 2. The van der Waals surface area contributed by atoms with E-state index in [1.165, 1.54) is 0 Å². The second kappa shape index (κ2) is 4.56. The van der Waals surface area contributed by atoms with Gasteiger partial charge in [-0.2, -0.15) is 12.6 Å². The van der Waals surface area contributed by atoms with Crippen LogP contribution in [0.25, 0.3) is 0 Å². The third-order valence-electron chi connectivity index (χ3n) is 1.14. The minimum Gasteiger partial charge on any atom is -0.298 e. The standard InChI is InChI=1S/C8H14OS/c1-6(2)4-8(5-9)7(3)10/h4-7,10H,1-3H3. The zero-order valence-corrected chi connectivity index (χ0v) is 7.56. The van der Waals surface area contributed by atoms with E-state index in [1.807, 2.05) is 26.8 Å². The van der Waals surface area contributed by atoms with Crippen LogP contribution in [-0.4, -0.2) is 11.5 Å². The molecule has 1 nitrogen and oxygen atoms in total. The van der Waals surface area contributed by atoms with Crippen molar-refractivity contribution < 1.29 is 4.79 Å². The SMILES string of the molecule is CC(C)C=C(C=O)C(C)S. The van der Waals surface area contributed by atoms with Gasteiger partial charge in [-0.25, -0.2) is 0 Å². The topological polar surface area (TPSA) is 17.1 Å². The Bertz CT molecular complexity index is 136. The van der Waals surface area contributed by atoms with Crippen molar-refractivity contribution in [3.63, 3.8) is 0 Å². The largest absolute Gasteiger partial charge is 0.298 e. The molecule has 0 radical (unpaired) electrons. The van der Waals surface area contributed by atoms with E-state index in [-0.39, 0.29) is 5.25 Å². The Morgan fingerprint density at radius 2 is 1.90 bits per heavy atom. The molecule has 1 atom stereocenters. The van der Waals surface area contributed by atoms with E-state index < -0.39 is 0 Å². The Morgan fingerprint density at radius 1 is 1.40 bits per heavy atom. The Balaban J connectivity index is 4.18. The zero-order chi connectivity index (χ0) is 8.15. The van der Waals surface area contributed by atoms with Crippen molar-refractivity contribution in [1.82, 2.24) is 0 Å². The molecule has 10 heavy (non-hydrogen) atoms. The molecule has 2 heteroatoms. The Morgan fingerprint density at radius 3 is 2.00 bits per heavy atom. The first kappa shape index (κ1) is 9.76. The summed E-state index contributed by atoms with van der Waals surface area (Å²) in [6, 6.07) is 0. The van der Waals surface area contributed by atoms with Gasteiger partial charge in [-0.3, -0.25) is 4.79 Å². The van der Waals surface area contributed by atoms with Crippen molar-refractivity contribution in [2.24, 2.45) is 5.92 Å². The van der Waals surface area contributed by atoms with Crippen LogP contribution in [0.1, 0.15) is 20.8 Å². The van der Waals surface area contributed by atoms with Gasteiger partial charge in [0.1, 0.15) is 6.29 Å². The van der Waals surface area contributed by atoms with Gasteiger partial charge in [-0.05, 0) is 12.8 Å². The van der Waals surface area contributed by atoms with Crippen LogP contribution in [0.4, 0.5) is 0 Å². The second-order valence-electron chi connectivity index (χ2n) is 2.70. The van der Waals surface area contributed by atoms with E-state index in [9.17, 15) is 4.79 Å². The number of hydrogen-bond donors (Lipinski definition) is 1. The maximum Gasteiger partial charge on any atom is 0.146 e. The molecule has 1 unspecified atom stereocenters. The lowest BCUT2D eigenvalue weighted by atomic mass is 10.1. The highest BCUT2D eigenvalue weighted by Crippen LogP contribution is 2.08. The molecule has 0 aromatic heterocycles. The van der Waals surface area contributed by atoms with Crippen molar-refractivity contribution in [2.45, 2.75) is 26.0 Å². The monoisotopic (exact) mass is 158 g/mol. The molecule has 0 aliphatic heterocycles. The summed E-state index contributed by atoms with van der Waals surface area (Å²) in [5, 5.41) is 0.0555. The summed E-state index contributed by atoms with van der Waals surface area (Å²) < 4.78 is 0. The van der Waals surface area contributed by atoms with Crippen molar-refractivity contribution >= 4 is 18.9 Å². The third kappa shape index (κ3) is 3.72. The molecule has 0 saturated carbocycles. The molecule has 0 aliphatic rings. The van der Waals surface area contributed by atoms with Gasteiger partial charge >= 0.3 is 0 Å². The second-order valence-corrected chi connectivity index (χ2v) is 3.48. The molecule has 0 bridgehead atoms. The van der Waals surface area contributed by atoms with Gasteiger partial charge in [0.05, 0.1) is 0 Å². The number of rotatable bonds is 3. The molecular formula is C8H14OS.